The molecule has 0 aliphatic carbocycles. The van der Waals surface area contributed by atoms with Crippen LogP contribution in [0.4, 0.5) is 5.69 Å². The molecule has 8 heteroatoms. The molecule has 0 saturated carbocycles. The average molecular weight is 368 g/mol. The number of hydrogen-bond donors (Lipinski definition) is 2. The minimum absolute atomic E-state index is 0.0143. The predicted molar refractivity (Wildman–Crippen MR) is 84.3 cm³/mol. The molecule has 1 atom stereocenters. The van der Waals surface area contributed by atoms with E-state index in [1.807, 2.05) is 30.7 Å². The maximum atomic E-state index is 12.0. The fraction of sp³-hybridized carbons (Fsp3) is 0.308. The summed E-state index contributed by atoms with van der Waals surface area (Å²) in [6.07, 6.45) is 1.66. The number of aryl methyl sites for hydroxylation is 1. The van der Waals surface area contributed by atoms with E-state index in [0.29, 0.717) is 0 Å². The van der Waals surface area contributed by atoms with Gasteiger partial charge in [0.05, 0.1) is 0 Å². The number of hydrogen-bond acceptors (Lipinski definition) is 5. The molecule has 2 heterocycles. The van der Waals surface area contributed by atoms with E-state index in [1.54, 1.807) is 6.33 Å². The zero-order chi connectivity index (χ0) is 15.0. The zero-order valence-electron chi connectivity index (χ0n) is 11.6. The summed E-state index contributed by atoms with van der Waals surface area (Å²) >= 11 is 5.07. The van der Waals surface area contributed by atoms with Gasteiger partial charge in [-0.3, -0.25) is 4.79 Å². The Morgan fingerprint density at radius 3 is 3.00 bits per heavy atom. The van der Waals surface area contributed by atoms with Gasteiger partial charge in [-0.05, 0) is 46.4 Å². The molecule has 1 aromatic heterocycles. The summed E-state index contributed by atoms with van der Waals surface area (Å²) in [6.45, 7) is 2.73. The highest BCUT2D eigenvalue weighted by molar-refractivity contribution is 9.10. The van der Waals surface area contributed by atoms with Crippen LogP contribution in [0, 0.1) is 0 Å². The Labute approximate surface area is 134 Å². The van der Waals surface area contributed by atoms with Crippen molar-refractivity contribution < 1.29 is 4.79 Å². The van der Waals surface area contributed by atoms with Gasteiger partial charge in [0.2, 0.25) is 5.91 Å². The van der Waals surface area contributed by atoms with Gasteiger partial charge in [-0.25, -0.2) is 0 Å². The summed E-state index contributed by atoms with van der Waals surface area (Å²) in [7, 11) is 1.90. The predicted octanol–water partition coefficient (Wildman–Crippen LogP) is 2.33. The van der Waals surface area contributed by atoms with Crippen LogP contribution < -0.4 is 10.6 Å². The van der Waals surface area contributed by atoms with Crippen molar-refractivity contribution in [3.05, 3.63) is 28.5 Å². The number of amides is 1. The molecule has 2 N–H and O–H groups in total. The molecule has 0 bridgehead atoms. The van der Waals surface area contributed by atoms with Gasteiger partial charge >= 0.3 is 0 Å². The number of nitrogens with one attached hydrogen (secondary N) is 2. The zero-order valence-corrected chi connectivity index (χ0v) is 14.0. The Bertz CT molecular complexity index is 702. The molecule has 0 fully saturated rings. The normalized spacial score (nSPS) is 16.9. The van der Waals surface area contributed by atoms with Crippen molar-refractivity contribution in [1.29, 1.82) is 0 Å². The van der Waals surface area contributed by atoms with Gasteiger partial charge < -0.3 is 15.2 Å². The molecule has 1 aromatic carbocycles. The standard InChI is InChI=1S/C13H14BrN5OS/c1-3-15-11-7-4-8(14)10(5-9(7)17-12(11)20)21-13-18-16-6-19(13)2/h4-6,11,15H,3H2,1-2H3,(H,17,20). The quantitative estimate of drug-likeness (QED) is 0.867. The first kappa shape index (κ1) is 14.6. The van der Waals surface area contributed by atoms with Gasteiger partial charge in [0.25, 0.3) is 0 Å². The van der Waals surface area contributed by atoms with Crippen LogP contribution in [0.5, 0.6) is 0 Å². The highest BCUT2D eigenvalue weighted by Crippen LogP contribution is 2.40. The highest BCUT2D eigenvalue weighted by atomic mass is 79.9. The lowest BCUT2D eigenvalue weighted by Crippen LogP contribution is -2.27. The Balaban J connectivity index is 1.94. The third kappa shape index (κ3) is 2.70. The lowest BCUT2D eigenvalue weighted by atomic mass is 10.1. The lowest BCUT2D eigenvalue weighted by molar-refractivity contribution is -0.117. The van der Waals surface area contributed by atoms with Gasteiger partial charge in [0.15, 0.2) is 5.16 Å². The number of likely N-dealkylation sites (N-methyl/N-ethyl adjacent to an activating group) is 1. The summed E-state index contributed by atoms with van der Waals surface area (Å²) in [5, 5.41) is 14.8. The number of carbonyl (C=O) groups is 1. The van der Waals surface area contributed by atoms with Crippen LogP contribution >= 0.6 is 27.7 Å². The van der Waals surface area contributed by atoms with Crippen molar-refractivity contribution in [2.45, 2.75) is 23.0 Å². The molecular weight excluding hydrogens is 354 g/mol. The van der Waals surface area contributed by atoms with E-state index in [2.05, 4.69) is 36.8 Å². The van der Waals surface area contributed by atoms with E-state index < -0.39 is 0 Å². The Morgan fingerprint density at radius 2 is 2.33 bits per heavy atom. The van der Waals surface area contributed by atoms with Crippen LogP contribution in [0.3, 0.4) is 0 Å². The first-order chi connectivity index (χ1) is 10.1. The molecule has 1 amide bonds. The minimum atomic E-state index is -0.282. The van der Waals surface area contributed by atoms with E-state index >= 15 is 0 Å². The third-order valence-corrected chi connectivity index (χ3v) is 5.24. The van der Waals surface area contributed by atoms with Crippen molar-refractivity contribution in [2.75, 3.05) is 11.9 Å². The van der Waals surface area contributed by atoms with Crippen molar-refractivity contribution in [1.82, 2.24) is 20.1 Å². The van der Waals surface area contributed by atoms with Crippen molar-refractivity contribution >= 4 is 39.3 Å². The molecule has 0 radical (unpaired) electrons. The summed E-state index contributed by atoms with van der Waals surface area (Å²) in [5.41, 5.74) is 1.81. The van der Waals surface area contributed by atoms with Crippen LogP contribution in [0.25, 0.3) is 0 Å². The Kier molecular flexibility index (Phi) is 4.01. The molecule has 1 unspecified atom stereocenters. The SMILES string of the molecule is CCNC1C(=O)Nc2cc(Sc3nncn3C)c(Br)cc21. The van der Waals surface area contributed by atoms with Crippen LogP contribution in [0.1, 0.15) is 18.5 Å². The fourth-order valence-corrected chi connectivity index (χ4v) is 3.62. The minimum Gasteiger partial charge on any atom is -0.324 e. The second kappa shape index (κ2) is 5.78. The van der Waals surface area contributed by atoms with Crippen molar-refractivity contribution in [3.8, 4) is 0 Å². The number of halogens is 1. The van der Waals surface area contributed by atoms with Crippen molar-refractivity contribution in [3.63, 3.8) is 0 Å². The number of benzene rings is 1. The van der Waals surface area contributed by atoms with Crippen LogP contribution in [-0.2, 0) is 11.8 Å². The van der Waals surface area contributed by atoms with Crippen LogP contribution in [0.15, 0.2) is 33.0 Å². The molecule has 2 aromatic rings. The Hall–Kier alpha value is -1.38. The number of fused-ring (bicyclic) bond motifs is 1. The third-order valence-electron chi connectivity index (χ3n) is 3.21. The molecule has 0 spiro atoms. The van der Waals surface area contributed by atoms with Gasteiger partial charge in [-0.1, -0.05) is 6.92 Å². The van der Waals surface area contributed by atoms with Crippen LogP contribution in [-0.4, -0.2) is 27.2 Å². The van der Waals surface area contributed by atoms with E-state index in [-0.39, 0.29) is 11.9 Å². The molecule has 6 nitrogen and oxygen atoms in total. The molecule has 110 valence electrons. The molecule has 0 saturated heterocycles. The van der Waals surface area contributed by atoms with Crippen molar-refractivity contribution in [2.24, 2.45) is 7.05 Å². The van der Waals surface area contributed by atoms with Crippen LogP contribution in [0.2, 0.25) is 0 Å². The number of carbonyl (C=O) groups excluding carboxylic acids is 1. The highest BCUT2D eigenvalue weighted by Gasteiger charge is 2.30. The van der Waals surface area contributed by atoms with Gasteiger partial charge in [0, 0.05) is 27.7 Å². The number of rotatable bonds is 4. The number of anilines is 1. The summed E-state index contributed by atoms with van der Waals surface area (Å²) < 4.78 is 2.79. The molecule has 21 heavy (non-hydrogen) atoms. The first-order valence-electron chi connectivity index (χ1n) is 6.49. The van der Waals surface area contributed by atoms with E-state index in [1.165, 1.54) is 11.8 Å². The summed E-state index contributed by atoms with van der Waals surface area (Å²) in [5.74, 6) is -0.0143. The van der Waals surface area contributed by atoms with Gasteiger partial charge in [-0.15, -0.1) is 10.2 Å². The summed E-state index contributed by atoms with van der Waals surface area (Å²) in [4.78, 5) is 13.0. The second-order valence-electron chi connectivity index (χ2n) is 4.68. The smallest absolute Gasteiger partial charge is 0.246 e. The molecule has 1 aliphatic heterocycles. The first-order valence-corrected chi connectivity index (χ1v) is 8.10. The maximum absolute atomic E-state index is 12.0. The van der Waals surface area contributed by atoms with Gasteiger partial charge in [-0.2, -0.15) is 0 Å². The Morgan fingerprint density at radius 1 is 1.52 bits per heavy atom. The van der Waals surface area contributed by atoms with E-state index in [4.69, 9.17) is 0 Å². The average Bonchev–Trinajstić information content (AvgIpc) is 2.97. The molecule has 1 aliphatic rings. The molecule has 3 rings (SSSR count). The second-order valence-corrected chi connectivity index (χ2v) is 6.54. The molecular formula is C13H14BrN5OS. The van der Waals surface area contributed by atoms with E-state index in [0.717, 1.165) is 32.3 Å². The maximum Gasteiger partial charge on any atom is 0.246 e. The monoisotopic (exact) mass is 367 g/mol. The van der Waals surface area contributed by atoms with E-state index in [9.17, 15) is 4.79 Å². The topological polar surface area (TPSA) is 71.8 Å². The van der Waals surface area contributed by atoms with Gasteiger partial charge in [0.1, 0.15) is 12.4 Å². The fourth-order valence-electron chi connectivity index (χ4n) is 2.21. The lowest BCUT2D eigenvalue weighted by Gasteiger charge is -2.11. The number of aromatic nitrogens is 3. The largest absolute Gasteiger partial charge is 0.324 e. The summed E-state index contributed by atoms with van der Waals surface area (Å²) in [6, 6.07) is 3.67. The number of nitrogens with zero attached hydrogens (tertiary/aromatic N) is 3.